The van der Waals surface area contributed by atoms with Crippen molar-refractivity contribution in [3.63, 3.8) is 0 Å². The number of carbonyl (C=O) groups is 1. The lowest BCUT2D eigenvalue weighted by molar-refractivity contribution is -0.144. The summed E-state index contributed by atoms with van der Waals surface area (Å²) in [6, 6.07) is 5.71. The normalized spacial score (nSPS) is 23.0. The third-order valence-corrected chi connectivity index (χ3v) is 4.75. The lowest BCUT2D eigenvalue weighted by Crippen LogP contribution is -2.44. The summed E-state index contributed by atoms with van der Waals surface area (Å²) in [5.74, 6) is -0.113. The monoisotopic (exact) mass is 375 g/mol. The van der Waals surface area contributed by atoms with Crippen molar-refractivity contribution in [1.82, 2.24) is 4.90 Å². The van der Waals surface area contributed by atoms with Gasteiger partial charge in [0.25, 0.3) is 0 Å². The molecule has 1 aliphatic rings. The number of hydrogen-bond donors (Lipinski definition) is 1. The Labute approximate surface area is 138 Å². The van der Waals surface area contributed by atoms with E-state index in [1.807, 2.05) is 6.07 Å². The highest BCUT2D eigenvalue weighted by Crippen LogP contribution is 2.28. The highest BCUT2D eigenvalue weighted by atomic mass is 79.9. The molecule has 2 atom stereocenters. The molecular weight excluding hydrogens is 358 g/mol. The zero-order valence-electron chi connectivity index (χ0n) is 11.9. The van der Waals surface area contributed by atoms with E-state index in [1.165, 1.54) is 0 Å². The predicted octanol–water partition coefficient (Wildman–Crippen LogP) is 3.67. The number of piperidine rings is 1. The Bertz CT molecular complexity index is 512. The fourth-order valence-corrected chi connectivity index (χ4v) is 3.44. The van der Waals surface area contributed by atoms with Crippen molar-refractivity contribution in [1.29, 1.82) is 0 Å². The van der Waals surface area contributed by atoms with Gasteiger partial charge < -0.3 is 9.84 Å². The van der Waals surface area contributed by atoms with Gasteiger partial charge in [0.1, 0.15) is 12.4 Å². The zero-order chi connectivity index (χ0) is 15.4. The Hall–Kier alpha value is -0.780. The Morgan fingerprint density at radius 1 is 1.57 bits per heavy atom. The van der Waals surface area contributed by atoms with Crippen molar-refractivity contribution >= 4 is 33.5 Å². The fraction of sp³-hybridized carbons (Fsp3) is 0.533. The molecule has 0 aromatic heterocycles. The van der Waals surface area contributed by atoms with E-state index >= 15 is 0 Å². The molecule has 0 radical (unpaired) electrons. The Morgan fingerprint density at radius 3 is 2.95 bits per heavy atom. The molecule has 0 aliphatic carbocycles. The van der Waals surface area contributed by atoms with Crippen molar-refractivity contribution in [2.75, 3.05) is 19.7 Å². The molecule has 0 bridgehead atoms. The quantitative estimate of drug-likeness (QED) is 0.852. The van der Waals surface area contributed by atoms with Gasteiger partial charge in [-0.2, -0.15) is 0 Å². The molecule has 1 aromatic carbocycles. The Balaban J connectivity index is 1.80. The van der Waals surface area contributed by atoms with Crippen LogP contribution in [0.2, 0.25) is 5.02 Å². The number of benzene rings is 1. The second kappa shape index (κ2) is 7.47. The average Bonchev–Trinajstić information content (AvgIpc) is 2.42. The molecule has 21 heavy (non-hydrogen) atoms. The van der Waals surface area contributed by atoms with Crippen LogP contribution < -0.4 is 4.74 Å². The molecule has 116 valence electrons. The first-order valence-corrected chi connectivity index (χ1v) is 8.19. The molecule has 2 rings (SSSR count). The van der Waals surface area contributed by atoms with E-state index in [0.717, 1.165) is 23.3 Å². The van der Waals surface area contributed by atoms with Gasteiger partial charge in [-0.1, -0.05) is 11.6 Å². The van der Waals surface area contributed by atoms with Crippen LogP contribution in [0.4, 0.5) is 0 Å². The van der Waals surface area contributed by atoms with Gasteiger partial charge in [-0.3, -0.25) is 9.69 Å². The maximum Gasteiger partial charge on any atom is 0.306 e. The molecule has 0 amide bonds. The van der Waals surface area contributed by atoms with Crippen LogP contribution >= 0.6 is 27.5 Å². The minimum absolute atomic E-state index is 0.206. The summed E-state index contributed by atoms with van der Waals surface area (Å²) in [5, 5.41) is 9.73. The summed E-state index contributed by atoms with van der Waals surface area (Å²) in [4.78, 5) is 13.3. The molecule has 1 saturated heterocycles. The smallest absolute Gasteiger partial charge is 0.306 e. The molecular formula is C15H19BrClNO3. The van der Waals surface area contributed by atoms with Crippen LogP contribution in [0.15, 0.2) is 22.7 Å². The van der Waals surface area contributed by atoms with Gasteiger partial charge in [-0.05, 0) is 60.4 Å². The molecule has 1 heterocycles. The topological polar surface area (TPSA) is 49.8 Å². The number of carboxylic acid groups (broad SMARTS) is 1. The van der Waals surface area contributed by atoms with E-state index in [0.29, 0.717) is 24.5 Å². The van der Waals surface area contributed by atoms with Crippen molar-refractivity contribution < 1.29 is 14.6 Å². The van der Waals surface area contributed by atoms with Crippen molar-refractivity contribution in [2.24, 2.45) is 5.92 Å². The van der Waals surface area contributed by atoms with Crippen LogP contribution in [0.25, 0.3) is 0 Å². The number of aliphatic carboxylic acids is 1. The van der Waals surface area contributed by atoms with Gasteiger partial charge in [0.2, 0.25) is 0 Å². The van der Waals surface area contributed by atoms with Gasteiger partial charge in [-0.15, -0.1) is 0 Å². The Kier molecular flexibility index (Phi) is 5.90. The maximum atomic E-state index is 11.0. The maximum absolute atomic E-state index is 11.0. The van der Waals surface area contributed by atoms with Crippen LogP contribution in [0.5, 0.6) is 5.75 Å². The third-order valence-electron chi connectivity index (χ3n) is 3.89. The van der Waals surface area contributed by atoms with Crippen molar-refractivity contribution in [3.05, 3.63) is 27.7 Å². The molecule has 6 heteroatoms. The number of hydrogen-bond acceptors (Lipinski definition) is 3. The first kappa shape index (κ1) is 16.6. The van der Waals surface area contributed by atoms with Crippen LogP contribution in [0.1, 0.15) is 19.8 Å². The molecule has 1 aromatic rings. The SMILES string of the molecule is CC1CC(C(=O)O)CCN1CCOc1ccc(Cl)cc1Br. The largest absolute Gasteiger partial charge is 0.491 e. The second-order valence-corrected chi connectivity index (χ2v) is 6.66. The summed E-state index contributed by atoms with van der Waals surface area (Å²) in [6.07, 6.45) is 1.42. The molecule has 1 aliphatic heterocycles. The number of rotatable bonds is 5. The van der Waals surface area contributed by atoms with Gasteiger partial charge in [-0.25, -0.2) is 0 Å². The lowest BCUT2D eigenvalue weighted by atomic mass is 9.92. The second-order valence-electron chi connectivity index (χ2n) is 5.37. The molecule has 0 spiro atoms. The minimum atomic E-state index is -0.678. The van der Waals surface area contributed by atoms with E-state index in [4.69, 9.17) is 21.4 Å². The van der Waals surface area contributed by atoms with Crippen LogP contribution in [0.3, 0.4) is 0 Å². The van der Waals surface area contributed by atoms with Gasteiger partial charge in [0.05, 0.1) is 10.4 Å². The predicted molar refractivity (Wildman–Crippen MR) is 86.0 cm³/mol. The van der Waals surface area contributed by atoms with E-state index in [-0.39, 0.29) is 12.0 Å². The van der Waals surface area contributed by atoms with Crippen LogP contribution in [0, 0.1) is 5.92 Å². The number of ether oxygens (including phenoxy) is 1. The van der Waals surface area contributed by atoms with E-state index < -0.39 is 5.97 Å². The molecule has 1 fully saturated rings. The highest BCUT2D eigenvalue weighted by molar-refractivity contribution is 9.10. The zero-order valence-corrected chi connectivity index (χ0v) is 14.2. The van der Waals surface area contributed by atoms with Gasteiger partial charge in [0, 0.05) is 17.6 Å². The summed E-state index contributed by atoms with van der Waals surface area (Å²) in [7, 11) is 0. The molecule has 0 saturated carbocycles. The van der Waals surface area contributed by atoms with Gasteiger partial charge in [0.15, 0.2) is 0 Å². The highest BCUT2D eigenvalue weighted by Gasteiger charge is 2.29. The first-order chi connectivity index (χ1) is 9.97. The standard InChI is InChI=1S/C15H19BrClNO3/c1-10-8-11(15(19)20)4-5-18(10)6-7-21-14-3-2-12(17)9-13(14)16/h2-3,9-11H,4-8H2,1H3,(H,19,20). The summed E-state index contributed by atoms with van der Waals surface area (Å²) >= 11 is 9.31. The van der Waals surface area contributed by atoms with Crippen molar-refractivity contribution in [3.8, 4) is 5.75 Å². The summed E-state index contributed by atoms with van der Waals surface area (Å²) in [6.45, 7) is 4.25. The average molecular weight is 377 g/mol. The fourth-order valence-electron chi connectivity index (χ4n) is 2.64. The summed E-state index contributed by atoms with van der Waals surface area (Å²) in [5.41, 5.74) is 0. The van der Waals surface area contributed by atoms with E-state index in [1.54, 1.807) is 12.1 Å². The summed E-state index contributed by atoms with van der Waals surface area (Å²) < 4.78 is 6.59. The van der Waals surface area contributed by atoms with E-state index in [9.17, 15) is 4.79 Å². The molecule has 4 nitrogen and oxygen atoms in total. The van der Waals surface area contributed by atoms with Crippen LogP contribution in [-0.2, 0) is 4.79 Å². The van der Waals surface area contributed by atoms with Crippen molar-refractivity contribution in [2.45, 2.75) is 25.8 Å². The first-order valence-electron chi connectivity index (χ1n) is 7.02. The molecule has 1 N–H and O–H groups in total. The number of carboxylic acids is 1. The van der Waals surface area contributed by atoms with Gasteiger partial charge >= 0.3 is 5.97 Å². The number of likely N-dealkylation sites (tertiary alicyclic amines) is 1. The lowest BCUT2D eigenvalue weighted by Gasteiger charge is -2.36. The third kappa shape index (κ3) is 4.59. The van der Waals surface area contributed by atoms with Crippen LogP contribution in [-0.4, -0.2) is 41.7 Å². The minimum Gasteiger partial charge on any atom is -0.491 e. The number of halogens is 2. The van der Waals surface area contributed by atoms with E-state index in [2.05, 4.69) is 27.8 Å². The molecule has 2 unspecified atom stereocenters. The number of nitrogens with zero attached hydrogens (tertiary/aromatic N) is 1. The Morgan fingerprint density at radius 2 is 2.33 bits per heavy atom.